The fraction of sp³-hybridized carbons (Fsp3) is 0.500. The van der Waals surface area contributed by atoms with E-state index in [0.29, 0.717) is 12.5 Å². The largest absolute Gasteiger partial charge is 0.493 e. The second kappa shape index (κ2) is 8.90. The molecule has 2 aromatic rings. The number of nitrogens with zero attached hydrogens (tertiary/aromatic N) is 3. The first-order valence-corrected chi connectivity index (χ1v) is 9.13. The van der Waals surface area contributed by atoms with Crippen molar-refractivity contribution >= 4 is 0 Å². The second-order valence-corrected chi connectivity index (χ2v) is 6.77. The minimum atomic E-state index is -0.233. The fourth-order valence-corrected chi connectivity index (χ4v) is 3.25. The number of aryl methyl sites for hydroxylation is 1. The Kier molecular flexibility index (Phi) is 6.34. The Labute approximate surface area is 149 Å². The summed E-state index contributed by atoms with van der Waals surface area (Å²) in [4.78, 5) is 11.3. The first-order valence-electron chi connectivity index (χ1n) is 9.13. The lowest BCUT2D eigenvalue weighted by molar-refractivity contribution is 0.125. The molecule has 0 saturated carbocycles. The highest BCUT2D eigenvalue weighted by Gasteiger charge is 2.20. The van der Waals surface area contributed by atoms with Crippen LogP contribution in [0.4, 0.5) is 4.39 Å². The van der Waals surface area contributed by atoms with Crippen LogP contribution in [0.15, 0.2) is 36.7 Å². The van der Waals surface area contributed by atoms with Crippen LogP contribution in [0.25, 0.3) is 0 Å². The summed E-state index contributed by atoms with van der Waals surface area (Å²) in [6, 6.07) is 6.24. The Bertz CT molecular complexity index is 645. The average Bonchev–Trinajstić information content (AvgIpc) is 2.64. The molecule has 1 fully saturated rings. The number of ether oxygens (including phenoxy) is 1. The summed E-state index contributed by atoms with van der Waals surface area (Å²) < 4.78 is 18.8. The van der Waals surface area contributed by atoms with Gasteiger partial charge in [0.2, 0.25) is 0 Å². The number of halogens is 1. The maximum atomic E-state index is 12.9. The number of likely N-dealkylation sites (tertiary alicyclic amines) is 1. The van der Waals surface area contributed by atoms with Crippen molar-refractivity contribution in [2.45, 2.75) is 39.2 Å². The third kappa shape index (κ3) is 5.49. The summed E-state index contributed by atoms with van der Waals surface area (Å²) in [5.74, 6) is 1.93. The van der Waals surface area contributed by atoms with Gasteiger partial charge in [0.1, 0.15) is 17.4 Å². The Morgan fingerprint density at radius 1 is 1.20 bits per heavy atom. The molecule has 1 aromatic heterocycles. The molecule has 0 bridgehead atoms. The van der Waals surface area contributed by atoms with Gasteiger partial charge in [0.25, 0.3) is 0 Å². The summed E-state index contributed by atoms with van der Waals surface area (Å²) in [7, 11) is 0. The van der Waals surface area contributed by atoms with Gasteiger partial charge in [-0.05, 0) is 50.1 Å². The summed E-state index contributed by atoms with van der Waals surface area (Å²) in [6.07, 6.45) is 8.26. The van der Waals surface area contributed by atoms with Crippen molar-refractivity contribution in [2.24, 2.45) is 5.92 Å². The van der Waals surface area contributed by atoms with E-state index in [-0.39, 0.29) is 5.82 Å². The Balaban J connectivity index is 1.48. The first kappa shape index (κ1) is 17.8. The van der Waals surface area contributed by atoms with E-state index in [2.05, 4.69) is 21.8 Å². The van der Waals surface area contributed by atoms with Gasteiger partial charge < -0.3 is 4.74 Å². The van der Waals surface area contributed by atoms with Gasteiger partial charge in [-0.1, -0.05) is 6.92 Å². The number of aromatic nitrogens is 2. The smallest absolute Gasteiger partial charge is 0.128 e. The van der Waals surface area contributed by atoms with Crippen LogP contribution in [0, 0.1) is 11.7 Å². The van der Waals surface area contributed by atoms with Gasteiger partial charge in [0.15, 0.2) is 0 Å². The Morgan fingerprint density at radius 3 is 2.68 bits per heavy atom. The molecular weight excluding hydrogens is 317 g/mol. The molecular formula is C20H26FN3O. The van der Waals surface area contributed by atoms with Gasteiger partial charge in [-0.25, -0.2) is 14.4 Å². The molecule has 3 rings (SSSR count). The van der Waals surface area contributed by atoms with E-state index in [1.807, 2.05) is 12.4 Å². The Hall–Kier alpha value is -2.01. The number of benzene rings is 1. The predicted octanol–water partition coefficient (Wildman–Crippen LogP) is 3.86. The molecule has 0 radical (unpaired) electrons. The third-order valence-corrected chi connectivity index (χ3v) is 4.54. The molecule has 0 amide bonds. The van der Waals surface area contributed by atoms with Crippen LogP contribution < -0.4 is 4.74 Å². The number of piperidine rings is 1. The highest BCUT2D eigenvalue weighted by molar-refractivity contribution is 5.22. The highest BCUT2D eigenvalue weighted by Crippen LogP contribution is 2.20. The summed E-state index contributed by atoms with van der Waals surface area (Å²) in [6.45, 7) is 5.81. The first-order chi connectivity index (χ1) is 12.2. The van der Waals surface area contributed by atoms with Crippen LogP contribution >= 0.6 is 0 Å². The topological polar surface area (TPSA) is 38.2 Å². The maximum Gasteiger partial charge on any atom is 0.128 e. The molecule has 2 heterocycles. The zero-order valence-electron chi connectivity index (χ0n) is 14.8. The third-order valence-electron chi connectivity index (χ3n) is 4.54. The molecule has 1 atom stereocenters. The van der Waals surface area contributed by atoms with E-state index in [4.69, 9.17) is 4.74 Å². The molecule has 1 aliphatic rings. The van der Waals surface area contributed by atoms with Crippen molar-refractivity contribution in [3.63, 3.8) is 0 Å². The lowest BCUT2D eigenvalue weighted by Gasteiger charge is -2.32. The van der Waals surface area contributed by atoms with E-state index in [1.165, 1.54) is 30.5 Å². The van der Waals surface area contributed by atoms with Gasteiger partial charge in [0.05, 0.1) is 6.61 Å². The van der Waals surface area contributed by atoms with E-state index in [1.54, 1.807) is 12.1 Å². The van der Waals surface area contributed by atoms with Crippen molar-refractivity contribution in [3.8, 4) is 5.75 Å². The van der Waals surface area contributed by atoms with E-state index < -0.39 is 0 Å². The molecule has 5 heteroatoms. The predicted molar refractivity (Wildman–Crippen MR) is 95.9 cm³/mol. The van der Waals surface area contributed by atoms with Gasteiger partial charge in [0, 0.05) is 43.4 Å². The highest BCUT2D eigenvalue weighted by atomic mass is 19.1. The van der Waals surface area contributed by atoms with Crippen LogP contribution in [0.3, 0.4) is 0 Å². The number of hydrogen-bond acceptors (Lipinski definition) is 4. The lowest BCUT2D eigenvalue weighted by Crippen LogP contribution is -2.37. The molecule has 134 valence electrons. The van der Waals surface area contributed by atoms with Crippen molar-refractivity contribution in [1.82, 2.24) is 14.9 Å². The van der Waals surface area contributed by atoms with Crippen molar-refractivity contribution in [2.75, 3.05) is 19.7 Å². The molecule has 0 spiro atoms. The normalized spacial score (nSPS) is 18.2. The standard InChI is InChI=1S/C20H26FN3O/c1-2-4-20-22-11-17(12-23-20)14-24-10-3-5-16(13-24)15-25-19-8-6-18(21)7-9-19/h6-9,11-12,16H,2-5,10,13-15H2,1H3/t16-/m1/s1. The van der Waals surface area contributed by atoms with Gasteiger partial charge in [-0.2, -0.15) is 0 Å². The molecule has 0 unspecified atom stereocenters. The van der Waals surface area contributed by atoms with Gasteiger partial charge in [-0.15, -0.1) is 0 Å². The minimum absolute atomic E-state index is 0.233. The summed E-state index contributed by atoms with van der Waals surface area (Å²) in [5, 5.41) is 0. The van der Waals surface area contributed by atoms with Crippen LogP contribution in [-0.4, -0.2) is 34.6 Å². The molecule has 0 aliphatic carbocycles. The molecule has 1 saturated heterocycles. The van der Waals surface area contributed by atoms with E-state index in [9.17, 15) is 4.39 Å². The lowest BCUT2D eigenvalue weighted by atomic mass is 9.98. The molecule has 1 aliphatic heterocycles. The van der Waals surface area contributed by atoms with E-state index >= 15 is 0 Å². The number of hydrogen-bond donors (Lipinski definition) is 0. The second-order valence-electron chi connectivity index (χ2n) is 6.77. The SMILES string of the molecule is CCCc1ncc(CN2CCC[C@@H](COc3ccc(F)cc3)C2)cn1. The molecule has 25 heavy (non-hydrogen) atoms. The van der Waals surface area contributed by atoms with Crippen molar-refractivity contribution < 1.29 is 9.13 Å². The molecule has 1 aromatic carbocycles. The van der Waals surface area contributed by atoms with Gasteiger partial charge in [-0.3, -0.25) is 4.90 Å². The Morgan fingerprint density at radius 2 is 1.96 bits per heavy atom. The zero-order valence-corrected chi connectivity index (χ0v) is 14.8. The van der Waals surface area contributed by atoms with Crippen LogP contribution in [0.2, 0.25) is 0 Å². The van der Waals surface area contributed by atoms with Gasteiger partial charge >= 0.3 is 0 Å². The monoisotopic (exact) mass is 343 g/mol. The average molecular weight is 343 g/mol. The van der Waals surface area contributed by atoms with Crippen molar-refractivity contribution in [3.05, 3.63) is 53.9 Å². The summed E-state index contributed by atoms with van der Waals surface area (Å²) in [5.41, 5.74) is 1.17. The fourth-order valence-electron chi connectivity index (χ4n) is 3.25. The minimum Gasteiger partial charge on any atom is -0.493 e. The molecule has 4 nitrogen and oxygen atoms in total. The van der Waals surface area contributed by atoms with Crippen molar-refractivity contribution in [1.29, 1.82) is 0 Å². The molecule has 0 N–H and O–H groups in total. The van der Waals surface area contributed by atoms with Crippen LogP contribution in [0.5, 0.6) is 5.75 Å². The van der Waals surface area contributed by atoms with Crippen LogP contribution in [0.1, 0.15) is 37.6 Å². The van der Waals surface area contributed by atoms with Crippen LogP contribution in [-0.2, 0) is 13.0 Å². The van der Waals surface area contributed by atoms with E-state index in [0.717, 1.165) is 44.0 Å². The zero-order chi connectivity index (χ0) is 17.5. The summed E-state index contributed by atoms with van der Waals surface area (Å²) >= 11 is 0. The maximum absolute atomic E-state index is 12.9. The quantitative estimate of drug-likeness (QED) is 0.765. The number of rotatable bonds is 7.